The van der Waals surface area contributed by atoms with Crippen molar-refractivity contribution < 1.29 is 4.39 Å². The molecular formula is C26H19FN2S. The summed E-state index contributed by atoms with van der Waals surface area (Å²) >= 11 is 1.67. The van der Waals surface area contributed by atoms with Crippen LogP contribution in [0.3, 0.4) is 0 Å². The van der Waals surface area contributed by atoms with E-state index in [0.29, 0.717) is 0 Å². The Labute approximate surface area is 179 Å². The van der Waals surface area contributed by atoms with Gasteiger partial charge in [-0.15, -0.1) is 0 Å². The molecule has 0 bridgehead atoms. The Hall–Kier alpha value is -3.11. The van der Waals surface area contributed by atoms with Crippen LogP contribution < -0.4 is 0 Å². The smallest absolute Gasteiger partial charge is 0.174 e. The van der Waals surface area contributed by atoms with E-state index < -0.39 is 0 Å². The molecule has 0 saturated carbocycles. The number of nitrogens with zero attached hydrogens (tertiary/aromatic N) is 2. The van der Waals surface area contributed by atoms with Gasteiger partial charge in [-0.25, -0.2) is 9.38 Å². The van der Waals surface area contributed by atoms with Crippen molar-refractivity contribution in [3.05, 3.63) is 118 Å². The Morgan fingerprint density at radius 2 is 1.63 bits per heavy atom. The van der Waals surface area contributed by atoms with Crippen LogP contribution in [0.25, 0.3) is 11.4 Å². The molecule has 3 aromatic carbocycles. The number of aryl methyl sites for hydroxylation is 1. The van der Waals surface area contributed by atoms with Crippen molar-refractivity contribution in [3.63, 3.8) is 0 Å². The third-order valence-electron chi connectivity index (χ3n) is 6.03. The Balaban J connectivity index is 1.55. The Morgan fingerprint density at radius 1 is 0.867 bits per heavy atom. The summed E-state index contributed by atoms with van der Waals surface area (Å²) in [5, 5.41) is 3.17. The first-order valence-electron chi connectivity index (χ1n) is 10.2. The zero-order valence-corrected chi connectivity index (χ0v) is 17.1. The highest BCUT2D eigenvalue weighted by atomic mass is 32.2. The van der Waals surface area contributed by atoms with E-state index in [1.807, 2.05) is 18.2 Å². The lowest BCUT2D eigenvalue weighted by Gasteiger charge is -2.39. The molecule has 30 heavy (non-hydrogen) atoms. The fraction of sp³-hybridized carbons (Fsp3) is 0.115. The fourth-order valence-electron chi connectivity index (χ4n) is 4.65. The number of thioether (sulfide) groups is 1. The monoisotopic (exact) mass is 410 g/mol. The number of hydrogen-bond acceptors (Lipinski definition) is 3. The third-order valence-corrected chi connectivity index (χ3v) is 6.87. The number of fused-ring (bicyclic) bond motifs is 3. The van der Waals surface area contributed by atoms with E-state index >= 15 is 0 Å². The average molecular weight is 411 g/mol. The van der Waals surface area contributed by atoms with Crippen LogP contribution in [-0.2, 0) is 6.42 Å². The van der Waals surface area contributed by atoms with E-state index in [9.17, 15) is 4.39 Å². The molecule has 6 rings (SSSR count). The molecule has 3 aliphatic rings. The SMILES string of the molecule is Fc1ccc(C2C3=C(N=C4SC=C(c5ccccc5)N42)c2ccccc2CC3)cc1. The summed E-state index contributed by atoms with van der Waals surface area (Å²) in [6.45, 7) is 0. The minimum absolute atomic E-state index is 0.0166. The lowest BCUT2D eigenvalue weighted by Crippen LogP contribution is -2.34. The van der Waals surface area contributed by atoms with Gasteiger partial charge in [0, 0.05) is 11.0 Å². The molecule has 0 amide bonds. The van der Waals surface area contributed by atoms with Crippen molar-refractivity contribution in [2.75, 3.05) is 0 Å². The van der Waals surface area contributed by atoms with E-state index in [2.05, 4.69) is 58.8 Å². The largest absolute Gasteiger partial charge is 0.308 e. The van der Waals surface area contributed by atoms with Gasteiger partial charge >= 0.3 is 0 Å². The maximum atomic E-state index is 13.7. The van der Waals surface area contributed by atoms with Gasteiger partial charge in [-0.1, -0.05) is 78.5 Å². The summed E-state index contributed by atoms with van der Waals surface area (Å²) in [6.07, 6.45) is 1.96. The first-order chi connectivity index (χ1) is 14.8. The van der Waals surface area contributed by atoms with Crippen LogP contribution in [0.5, 0.6) is 0 Å². The molecular weight excluding hydrogens is 391 g/mol. The Bertz CT molecular complexity index is 1230. The van der Waals surface area contributed by atoms with Crippen molar-refractivity contribution in [3.8, 4) is 0 Å². The second-order valence-corrected chi connectivity index (χ2v) is 8.57. The van der Waals surface area contributed by atoms with Crippen LogP contribution in [0.4, 0.5) is 4.39 Å². The summed E-state index contributed by atoms with van der Waals surface area (Å²) in [4.78, 5) is 7.47. The lowest BCUT2D eigenvalue weighted by molar-refractivity contribution is 0.473. The van der Waals surface area contributed by atoms with E-state index in [0.717, 1.165) is 35.0 Å². The lowest BCUT2D eigenvalue weighted by atomic mass is 9.82. The molecule has 0 spiro atoms. The maximum Gasteiger partial charge on any atom is 0.174 e. The maximum absolute atomic E-state index is 13.7. The second kappa shape index (κ2) is 6.99. The first-order valence-corrected chi connectivity index (χ1v) is 11.0. The average Bonchev–Trinajstić information content (AvgIpc) is 3.22. The standard InChI is InChI=1S/C26H19FN2S/c27-20-13-10-19(11-14-20)25-22-15-12-17-6-4-5-9-21(17)24(22)28-26-29(25)23(16-30-26)18-7-2-1-3-8-18/h1-11,13-14,16,25H,12,15H2. The van der Waals surface area contributed by atoms with Crippen LogP contribution in [0.2, 0.25) is 0 Å². The molecule has 2 aliphatic heterocycles. The molecule has 0 N–H and O–H groups in total. The van der Waals surface area contributed by atoms with Gasteiger partial charge in [-0.3, -0.25) is 0 Å². The van der Waals surface area contributed by atoms with Crippen LogP contribution in [0.1, 0.15) is 34.7 Å². The van der Waals surface area contributed by atoms with Crippen molar-refractivity contribution in [2.45, 2.75) is 18.9 Å². The summed E-state index contributed by atoms with van der Waals surface area (Å²) < 4.78 is 13.7. The molecule has 0 fully saturated rings. The van der Waals surface area contributed by atoms with Crippen molar-refractivity contribution >= 4 is 28.3 Å². The quantitative estimate of drug-likeness (QED) is 0.470. The van der Waals surface area contributed by atoms with Gasteiger partial charge in [0.15, 0.2) is 5.17 Å². The molecule has 4 heteroatoms. The molecule has 0 radical (unpaired) electrons. The van der Waals surface area contributed by atoms with Gasteiger partial charge in [-0.2, -0.15) is 0 Å². The molecule has 2 heterocycles. The second-order valence-electron chi connectivity index (χ2n) is 7.74. The highest BCUT2D eigenvalue weighted by molar-refractivity contribution is 8.16. The van der Waals surface area contributed by atoms with Crippen molar-refractivity contribution in [1.82, 2.24) is 4.90 Å². The molecule has 146 valence electrons. The normalized spacial score (nSPS) is 19.6. The van der Waals surface area contributed by atoms with Gasteiger partial charge in [0.2, 0.25) is 0 Å². The highest BCUT2D eigenvalue weighted by Gasteiger charge is 2.40. The van der Waals surface area contributed by atoms with Crippen LogP contribution in [0, 0.1) is 5.82 Å². The van der Waals surface area contributed by atoms with Crippen LogP contribution in [0.15, 0.2) is 94.8 Å². The molecule has 3 aromatic rings. The van der Waals surface area contributed by atoms with Crippen molar-refractivity contribution in [1.29, 1.82) is 0 Å². The van der Waals surface area contributed by atoms with E-state index in [1.165, 1.54) is 22.3 Å². The minimum Gasteiger partial charge on any atom is -0.308 e. The van der Waals surface area contributed by atoms with Crippen LogP contribution in [-0.4, -0.2) is 10.1 Å². The summed E-state index contributed by atoms with van der Waals surface area (Å²) in [5.41, 5.74) is 8.40. The van der Waals surface area contributed by atoms with E-state index in [-0.39, 0.29) is 11.9 Å². The zero-order chi connectivity index (χ0) is 20.1. The van der Waals surface area contributed by atoms with Crippen molar-refractivity contribution in [2.24, 2.45) is 4.99 Å². The Kier molecular flexibility index (Phi) is 4.13. The number of amidine groups is 1. The van der Waals surface area contributed by atoms with Gasteiger partial charge in [0.05, 0.1) is 17.4 Å². The predicted octanol–water partition coefficient (Wildman–Crippen LogP) is 6.64. The molecule has 1 aliphatic carbocycles. The topological polar surface area (TPSA) is 15.6 Å². The van der Waals surface area contributed by atoms with E-state index in [1.54, 1.807) is 23.9 Å². The molecule has 2 nitrogen and oxygen atoms in total. The van der Waals surface area contributed by atoms with Gasteiger partial charge in [0.25, 0.3) is 0 Å². The number of rotatable bonds is 2. The fourth-order valence-corrected chi connectivity index (χ4v) is 5.57. The number of hydrogen-bond donors (Lipinski definition) is 0. The first kappa shape index (κ1) is 17.7. The zero-order valence-electron chi connectivity index (χ0n) is 16.3. The summed E-state index contributed by atoms with van der Waals surface area (Å²) in [5.74, 6) is -0.207. The minimum atomic E-state index is -0.207. The van der Waals surface area contributed by atoms with Gasteiger partial charge in [-0.05, 0) is 47.2 Å². The third kappa shape index (κ3) is 2.75. The molecule has 1 atom stereocenters. The van der Waals surface area contributed by atoms with Gasteiger partial charge in [0.1, 0.15) is 5.82 Å². The number of benzene rings is 3. The number of aliphatic imine (C=N–C) groups is 1. The Morgan fingerprint density at radius 3 is 2.47 bits per heavy atom. The summed E-state index contributed by atoms with van der Waals surface area (Å²) in [6, 6.07) is 26.0. The number of halogens is 1. The molecule has 0 saturated heterocycles. The highest BCUT2D eigenvalue weighted by Crippen LogP contribution is 2.51. The molecule has 0 aromatic heterocycles. The van der Waals surface area contributed by atoms with Crippen LogP contribution >= 0.6 is 11.8 Å². The van der Waals surface area contributed by atoms with E-state index in [4.69, 9.17) is 4.99 Å². The summed E-state index contributed by atoms with van der Waals surface area (Å²) in [7, 11) is 0. The predicted molar refractivity (Wildman–Crippen MR) is 122 cm³/mol. The van der Waals surface area contributed by atoms with Gasteiger partial charge < -0.3 is 4.90 Å². The molecule has 1 unspecified atom stereocenters.